The molecule has 0 saturated heterocycles. The highest BCUT2D eigenvalue weighted by Gasteiger charge is 2.07. The van der Waals surface area contributed by atoms with Crippen LogP contribution in [0.5, 0.6) is 0 Å². The van der Waals surface area contributed by atoms with Gasteiger partial charge in [0.05, 0.1) is 0 Å². The molecule has 0 heterocycles. The van der Waals surface area contributed by atoms with Crippen molar-refractivity contribution < 1.29 is 4.79 Å². The van der Waals surface area contributed by atoms with Crippen LogP contribution in [0.25, 0.3) is 0 Å². The summed E-state index contributed by atoms with van der Waals surface area (Å²) >= 11 is 0. The SMILES string of the molecule is C#CCCC(=O)c1cc(C)ccc1C. The van der Waals surface area contributed by atoms with Gasteiger partial charge in [0.25, 0.3) is 0 Å². The molecule has 0 bridgehead atoms. The van der Waals surface area contributed by atoms with Crippen molar-refractivity contribution >= 4 is 5.78 Å². The molecule has 0 unspecified atom stereocenters. The molecule has 0 aliphatic rings. The molecule has 1 nitrogen and oxygen atoms in total. The Kier molecular flexibility index (Phi) is 3.48. The highest BCUT2D eigenvalue weighted by molar-refractivity contribution is 5.97. The second kappa shape index (κ2) is 4.62. The van der Waals surface area contributed by atoms with Gasteiger partial charge in [0.15, 0.2) is 5.78 Å². The first kappa shape index (κ1) is 10.5. The van der Waals surface area contributed by atoms with Gasteiger partial charge in [-0.15, -0.1) is 12.3 Å². The number of Topliss-reactive ketones (excluding diaryl/α,β-unsaturated/α-hetero) is 1. The van der Waals surface area contributed by atoms with Crippen molar-refractivity contribution in [1.29, 1.82) is 0 Å². The fourth-order valence-electron chi connectivity index (χ4n) is 1.36. The summed E-state index contributed by atoms with van der Waals surface area (Å²) in [6, 6.07) is 5.90. The predicted octanol–water partition coefficient (Wildman–Crippen LogP) is 2.90. The van der Waals surface area contributed by atoms with E-state index in [0.29, 0.717) is 12.8 Å². The molecular weight excluding hydrogens is 172 g/mol. The third-order valence-electron chi connectivity index (χ3n) is 2.19. The van der Waals surface area contributed by atoms with Gasteiger partial charge in [-0.3, -0.25) is 4.79 Å². The van der Waals surface area contributed by atoms with E-state index in [1.54, 1.807) is 0 Å². The summed E-state index contributed by atoms with van der Waals surface area (Å²) in [7, 11) is 0. The Morgan fingerprint density at radius 3 is 2.79 bits per heavy atom. The van der Waals surface area contributed by atoms with Gasteiger partial charge in [-0.1, -0.05) is 17.7 Å². The van der Waals surface area contributed by atoms with Crippen LogP contribution in [0, 0.1) is 26.2 Å². The lowest BCUT2D eigenvalue weighted by Crippen LogP contribution is -2.01. The maximum Gasteiger partial charge on any atom is 0.164 e. The summed E-state index contributed by atoms with van der Waals surface area (Å²) in [5.74, 6) is 2.62. The first-order chi connectivity index (χ1) is 6.65. The highest BCUT2D eigenvalue weighted by atomic mass is 16.1. The second-order valence-electron chi connectivity index (χ2n) is 3.45. The van der Waals surface area contributed by atoms with Gasteiger partial charge < -0.3 is 0 Å². The van der Waals surface area contributed by atoms with E-state index in [-0.39, 0.29) is 5.78 Å². The Morgan fingerprint density at radius 1 is 1.43 bits per heavy atom. The Hall–Kier alpha value is -1.55. The van der Waals surface area contributed by atoms with E-state index in [2.05, 4.69) is 5.92 Å². The number of carbonyl (C=O) groups excluding carboxylic acids is 1. The number of hydrogen-bond donors (Lipinski definition) is 0. The molecule has 0 aliphatic heterocycles. The molecule has 1 aromatic carbocycles. The lowest BCUT2D eigenvalue weighted by Gasteiger charge is -2.04. The molecule has 1 aromatic rings. The predicted molar refractivity (Wildman–Crippen MR) is 58.3 cm³/mol. The number of ketones is 1. The minimum Gasteiger partial charge on any atom is -0.294 e. The van der Waals surface area contributed by atoms with E-state index in [9.17, 15) is 4.79 Å². The van der Waals surface area contributed by atoms with Gasteiger partial charge in [-0.05, 0) is 25.5 Å². The van der Waals surface area contributed by atoms with Gasteiger partial charge in [0, 0.05) is 18.4 Å². The van der Waals surface area contributed by atoms with Gasteiger partial charge >= 0.3 is 0 Å². The molecule has 0 radical (unpaired) electrons. The van der Waals surface area contributed by atoms with Crippen molar-refractivity contribution in [3.8, 4) is 12.3 Å². The summed E-state index contributed by atoms with van der Waals surface area (Å²) in [5.41, 5.74) is 2.94. The minimum absolute atomic E-state index is 0.143. The topological polar surface area (TPSA) is 17.1 Å². The fourth-order valence-corrected chi connectivity index (χ4v) is 1.36. The van der Waals surface area contributed by atoms with Crippen molar-refractivity contribution in [3.05, 3.63) is 34.9 Å². The van der Waals surface area contributed by atoms with Crippen molar-refractivity contribution in [3.63, 3.8) is 0 Å². The van der Waals surface area contributed by atoms with Crippen LogP contribution in [-0.4, -0.2) is 5.78 Å². The summed E-state index contributed by atoms with van der Waals surface area (Å²) in [4.78, 5) is 11.7. The van der Waals surface area contributed by atoms with Gasteiger partial charge in [-0.25, -0.2) is 0 Å². The third-order valence-corrected chi connectivity index (χ3v) is 2.19. The number of carbonyl (C=O) groups is 1. The van der Waals surface area contributed by atoms with Crippen molar-refractivity contribution in [2.45, 2.75) is 26.7 Å². The number of rotatable bonds is 3. The molecule has 1 rings (SSSR count). The molecule has 0 aliphatic carbocycles. The van der Waals surface area contributed by atoms with Crippen LogP contribution in [0.4, 0.5) is 0 Å². The van der Waals surface area contributed by atoms with Crippen LogP contribution >= 0.6 is 0 Å². The monoisotopic (exact) mass is 186 g/mol. The van der Waals surface area contributed by atoms with Crippen LogP contribution in [-0.2, 0) is 0 Å². The molecular formula is C13H14O. The lowest BCUT2D eigenvalue weighted by molar-refractivity contribution is 0.0983. The first-order valence-electron chi connectivity index (χ1n) is 4.69. The molecule has 0 saturated carbocycles. The zero-order chi connectivity index (χ0) is 10.6. The normalized spacial score (nSPS) is 9.50. The summed E-state index contributed by atoms with van der Waals surface area (Å²) in [6.07, 6.45) is 6.09. The molecule has 0 aromatic heterocycles. The molecule has 0 atom stereocenters. The average Bonchev–Trinajstić information content (AvgIpc) is 2.18. The number of benzene rings is 1. The number of aryl methyl sites for hydroxylation is 2. The van der Waals surface area contributed by atoms with E-state index in [4.69, 9.17) is 6.42 Å². The third kappa shape index (κ3) is 2.47. The van der Waals surface area contributed by atoms with Crippen LogP contribution < -0.4 is 0 Å². The number of terminal acetylenes is 1. The van der Waals surface area contributed by atoms with E-state index in [1.165, 1.54) is 0 Å². The van der Waals surface area contributed by atoms with Crippen LogP contribution in [0.1, 0.15) is 34.3 Å². The molecule has 1 heteroatoms. The minimum atomic E-state index is 0.143. The van der Waals surface area contributed by atoms with Crippen LogP contribution in [0.2, 0.25) is 0 Å². The number of hydrogen-bond acceptors (Lipinski definition) is 1. The van der Waals surface area contributed by atoms with Crippen LogP contribution in [0.3, 0.4) is 0 Å². The largest absolute Gasteiger partial charge is 0.294 e. The maximum absolute atomic E-state index is 11.7. The van der Waals surface area contributed by atoms with E-state index < -0.39 is 0 Å². The van der Waals surface area contributed by atoms with Gasteiger partial charge in [-0.2, -0.15) is 0 Å². The zero-order valence-corrected chi connectivity index (χ0v) is 8.63. The molecule has 0 fully saturated rings. The molecule has 14 heavy (non-hydrogen) atoms. The fraction of sp³-hybridized carbons (Fsp3) is 0.308. The van der Waals surface area contributed by atoms with E-state index in [1.807, 2.05) is 32.0 Å². The van der Waals surface area contributed by atoms with Crippen molar-refractivity contribution in [2.75, 3.05) is 0 Å². The summed E-state index contributed by atoms with van der Waals surface area (Å²) in [5, 5.41) is 0. The molecule has 0 amide bonds. The molecule has 0 N–H and O–H groups in total. The average molecular weight is 186 g/mol. The molecule has 72 valence electrons. The van der Waals surface area contributed by atoms with E-state index >= 15 is 0 Å². The molecule has 0 spiro atoms. The Bertz CT molecular complexity index is 383. The summed E-state index contributed by atoms with van der Waals surface area (Å²) < 4.78 is 0. The van der Waals surface area contributed by atoms with Gasteiger partial charge in [0.1, 0.15) is 0 Å². The van der Waals surface area contributed by atoms with Crippen molar-refractivity contribution in [1.82, 2.24) is 0 Å². The second-order valence-corrected chi connectivity index (χ2v) is 3.45. The van der Waals surface area contributed by atoms with Crippen molar-refractivity contribution in [2.24, 2.45) is 0 Å². The van der Waals surface area contributed by atoms with E-state index in [0.717, 1.165) is 16.7 Å². The first-order valence-corrected chi connectivity index (χ1v) is 4.69. The maximum atomic E-state index is 11.7. The highest BCUT2D eigenvalue weighted by Crippen LogP contribution is 2.13. The zero-order valence-electron chi connectivity index (χ0n) is 8.63. The Morgan fingerprint density at radius 2 is 2.14 bits per heavy atom. The Balaban J connectivity index is 2.90. The smallest absolute Gasteiger partial charge is 0.164 e. The Labute approximate surface area is 85.1 Å². The summed E-state index contributed by atoms with van der Waals surface area (Å²) in [6.45, 7) is 3.93. The standard InChI is InChI=1S/C13H14O/c1-4-5-6-13(14)12-9-10(2)7-8-11(12)3/h1,7-9H,5-6H2,2-3H3. The quantitative estimate of drug-likeness (QED) is 0.524. The van der Waals surface area contributed by atoms with Crippen LogP contribution in [0.15, 0.2) is 18.2 Å². The van der Waals surface area contributed by atoms with Gasteiger partial charge in [0.2, 0.25) is 0 Å². The lowest BCUT2D eigenvalue weighted by atomic mass is 9.99.